The van der Waals surface area contributed by atoms with Crippen molar-refractivity contribution in [3.8, 4) is 0 Å². The van der Waals surface area contributed by atoms with Crippen LogP contribution in [-0.2, 0) is 22.6 Å². The normalized spacial score (nSPS) is 15.0. The maximum absolute atomic E-state index is 12.2. The molecule has 104 valence electrons. The van der Waals surface area contributed by atoms with E-state index in [0.29, 0.717) is 6.54 Å². The van der Waals surface area contributed by atoms with Gasteiger partial charge in [-0.3, -0.25) is 9.59 Å². The Kier molecular flexibility index (Phi) is 4.52. The highest BCUT2D eigenvalue weighted by atomic mass is 32.1. The maximum atomic E-state index is 12.2. The molecule has 0 saturated heterocycles. The van der Waals surface area contributed by atoms with Gasteiger partial charge >= 0.3 is 5.97 Å². The second-order valence-electron chi connectivity index (χ2n) is 4.79. The van der Waals surface area contributed by atoms with E-state index in [9.17, 15) is 9.59 Å². The first kappa shape index (κ1) is 14.0. The van der Waals surface area contributed by atoms with Crippen LogP contribution in [0.4, 0.5) is 0 Å². The van der Waals surface area contributed by atoms with Crippen molar-refractivity contribution in [1.29, 1.82) is 0 Å². The summed E-state index contributed by atoms with van der Waals surface area (Å²) in [4.78, 5) is 29.7. The van der Waals surface area contributed by atoms with Crippen LogP contribution in [0.15, 0.2) is 6.20 Å². The van der Waals surface area contributed by atoms with Gasteiger partial charge in [-0.05, 0) is 19.3 Å². The Morgan fingerprint density at radius 2 is 2.26 bits per heavy atom. The van der Waals surface area contributed by atoms with Crippen LogP contribution in [0.25, 0.3) is 0 Å². The number of carbonyl (C=O) groups excluding carboxylic acids is 1. The number of aromatic nitrogens is 1. The van der Waals surface area contributed by atoms with Crippen molar-refractivity contribution in [2.24, 2.45) is 5.92 Å². The minimum Gasteiger partial charge on any atom is -0.480 e. The fraction of sp³-hybridized carbons (Fsp3) is 0.615. The van der Waals surface area contributed by atoms with Crippen LogP contribution < -0.4 is 0 Å². The van der Waals surface area contributed by atoms with Crippen LogP contribution >= 0.6 is 11.3 Å². The van der Waals surface area contributed by atoms with Gasteiger partial charge in [-0.1, -0.05) is 13.3 Å². The second kappa shape index (κ2) is 6.14. The number of nitrogens with zero attached hydrogens (tertiary/aromatic N) is 2. The number of aliphatic carboxylic acids is 1. The maximum Gasteiger partial charge on any atom is 0.323 e. The van der Waals surface area contributed by atoms with Gasteiger partial charge in [-0.15, -0.1) is 11.3 Å². The predicted molar refractivity (Wildman–Crippen MR) is 71.9 cm³/mol. The first-order valence-corrected chi connectivity index (χ1v) is 7.36. The smallest absolute Gasteiger partial charge is 0.323 e. The molecule has 0 unspecified atom stereocenters. The zero-order valence-corrected chi connectivity index (χ0v) is 11.8. The summed E-state index contributed by atoms with van der Waals surface area (Å²) in [7, 11) is 0. The first-order valence-electron chi connectivity index (χ1n) is 6.54. The molecule has 1 amide bonds. The van der Waals surface area contributed by atoms with Gasteiger partial charge in [0.2, 0.25) is 5.91 Å². The SMILES string of the molecule is CCc1ncc(CN(CC(=O)O)C(=O)C2CCC2)s1. The third-order valence-electron chi connectivity index (χ3n) is 3.34. The van der Waals surface area contributed by atoms with E-state index >= 15 is 0 Å². The van der Waals surface area contributed by atoms with Crippen LogP contribution in [0.5, 0.6) is 0 Å². The molecule has 1 aliphatic carbocycles. The molecule has 0 radical (unpaired) electrons. The third kappa shape index (κ3) is 3.53. The Balaban J connectivity index is 2.03. The predicted octanol–water partition coefficient (Wildman–Crippen LogP) is 1.92. The fourth-order valence-corrected chi connectivity index (χ4v) is 2.94. The lowest BCUT2D eigenvalue weighted by Gasteiger charge is -2.30. The lowest BCUT2D eigenvalue weighted by atomic mass is 9.84. The molecule has 1 saturated carbocycles. The molecule has 6 heteroatoms. The monoisotopic (exact) mass is 282 g/mol. The van der Waals surface area contributed by atoms with Crippen molar-refractivity contribution >= 4 is 23.2 Å². The van der Waals surface area contributed by atoms with E-state index in [4.69, 9.17) is 5.11 Å². The number of hydrogen-bond donors (Lipinski definition) is 1. The van der Waals surface area contributed by atoms with Crippen LogP contribution in [0.1, 0.15) is 36.1 Å². The molecule has 0 aliphatic heterocycles. The van der Waals surface area contributed by atoms with Gasteiger partial charge in [0.15, 0.2) is 0 Å². The molecule has 1 N–H and O–H groups in total. The van der Waals surface area contributed by atoms with Gasteiger partial charge in [0.1, 0.15) is 6.54 Å². The Morgan fingerprint density at radius 3 is 2.74 bits per heavy atom. The van der Waals surface area contributed by atoms with Crippen molar-refractivity contribution in [2.45, 2.75) is 39.2 Å². The number of carbonyl (C=O) groups is 2. The van der Waals surface area contributed by atoms with Crippen molar-refractivity contribution in [3.05, 3.63) is 16.1 Å². The summed E-state index contributed by atoms with van der Waals surface area (Å²) >= 11 is 1.55. The van der Waals surface area contributed by atoms with Gasteiger partial charge in [0, 0.05) is 17.0 Å². The van der Waals surface area contributed by atoms with Gasteiger partial charge in [-0.25, -0.2) is 4.98 Å². The zero-order valence-electron chi connectivity index (χ0n) is 11.0. The standard InChI is InChI=1S/C13H18N2O3S/c1-2-11-14-6-10(19-11)7-15(8-12(16)17)13(18)9-4-3-5-9/h6,9H,2-5,7-8H2,1H3,(H,16,17). The van der Waals surface area contributed by atoms with E-state index in [1.165, 1.54) is 4.90 Å². The van der Waals surface area contributed by atoms with E-state index < -0.39 is 5.97 Å². The lowest BCUT2D eigenvalue weighted by molar-refractivity contribution is -0.148. The quantitative estimate of drug-likeness (QED) is 0.865. The Bertz CT molecular complexity index is 468. The summed E-state index contributed by atoms with van der Waals surface area (Å²) in [6.45, 7) is 2.16. The van der Waals surface area contributed by atoms with Crippen molar-refractivity contribution in [2.75, 3.05) is 6.54 Å². The van der Waals surface area contributed by atoms with Crippen molar-refractivity contribution in [1.82, 2.24) is 9.88 Å². The summed E-state index contributed by atoms with van der Waals surface area (Å²) in [5, 5.41) is 9.94. The molecule has 0 atom stereocenters. The van der Waals surface area contributed by atoms with Gasteiger partial charge in [0.25, 0.3) is 0 Å². The van der Waals surface area contributed by atoms with Gasteiger partial charge < -0.3 is 10.0 Å². The van der Waals surface area contributed by atoms with Crippen LogP contribution in [0, 0.1) is 5.92 Å². The van der Waals surface area contributed by atoms with E-state index in [2.05, 4.69) is 4.98 Å². The Morgan fingerprint density at radius 1 is 1.53 bits per heavy atom. The number of thiazole rings is 1. The molecule has 0 bridgehead atoms. The lowest BCUT2D eigenvalue weighted by Crippen LogP contribution is -2.41. The average Bonchev–Trinajstić information content (AvgIpc) is 2.73. The molecule has 2 rings (SSSR count). The summed E-state index contributed by atoms with van der Waals surface area (Å²) in [6, 6.07) is 0. The minimum absolute atomic E-state index is 0.0258. The summed E-state index contributed by atoms with van der Waals surface area (Å²) in [6.07, 6.45) is 5.44. The van der Waals surface area contributed by atoms with E-state index in [-0.39, 0.29) is 18.4 Å². The number of rotatable bonds is 6. The van der Waals surface area contributed by atoms with E-state index in [0.717, 1.165) is 35.6 Å². The summed E-state index contributed by atoms with van der Waals surface area (Å²) in [5.74, 6) is -0.967. The van der Waals surface area contributed by atoms with Crippen LogP contribution in [0.3, 0.4) is 0 Å². The molecule has 0 spiro atoms. The molecule has 1 aromatic heterocycles. The largest absolute Gasteiger partial charge is 0.480 e. The Labute approximate surface area is 116 Å². The highest BCUT2D eigenvalue weighted by molar-refractivity contribution is 7.11. The number of carboxylic acid groups (broad SMARTS) is 1. The molecule has 1 fully saturated rings. The third-order valence-corrected chi connectivity index (χ3v) is 4.47. The minimum atomic E-state index is -0.965. The van der Waals surface area contributed by atoms with Gasteiger partial charge in [-0.2, -0.15) is 0 Å². The van der Waals surface area contributed by atoms with Crippen molar-refractivity contribution < 1.29 is 14.7 Å². The van der Waals surface area contributed by atoms with Gasteiger partial charge in [0.05, 0.1) is 11.6 Å². The first-order chi connectivity index (χ1) is 9.10. The number of amides is 1. The van der Waals surface area contributed by atoms with Crippen LogP contribution in [-0.4, -0.2) is 33.4 Å². The zero-order chi connectivity index (χ0) is 13.8. The van der Waals surface area contributed by atoms with E-state index in [1.807, 2.05) is 6.92 Å². The highest BCUT2D eigenvalue weighted by Gasteiger charge is 2.30. The summed E-state index contributed by atoms with van der Waals surface area (Å²) in [5.41, 5.74) is 0. The molecule has 0 aromatic carbocycles. The number of carboxylic acids is 1. The Hall–Kier alpha value is -1.43. The fourth-order valence-electron chi connectivity index (χ4n) is 2.06. The topological polar surface area (TPSA) is 70.5 Å². The molecule has 5 nitrogen and oxygen atoms in total. The van der Waals surface area contributed by atoms with Crippen LogP contribution in [0.2, 0.25) is 0 Å². The number of hydrogen-bond acceptors (Lipinski definition) is 4. The average molecular weight is 282 g/mol. The summed E-state index contributed by atoms with van der Waals surface area (Å²) < 4.78 is 0. The molecule has 1 heterocycles. The number of aryl methyl sites for hydroxylation is 1. The van der Waals surface area contributed by atoms with E-state index in [1.54, 1.807) is 17.5 Å². The molecular weight excluding hydrogens is 264 g/mol. The molecule has 1 aliphatic rings. The molecule has 1 aromatic rings. The van der Waals surface area contributed by atoms with Crippen molar-refractivity contribution in [3.63, 3.8) is 0 Å². The highest BCUT2D eigenvalue weighted by Crippen LogP contribution is 2.29. The molecule has 19 heavy (non-hydrogen) atoms. The molecular formula is C13H18N2O3S. The second-order valence-corrected chi connectivity index (χ2v) is 5.99.